The molecule has 0 spiro atoms. The van der Waals surface area contributed by atoms with Crippen LogP contribution in [0, 0.1) is 0 Å². The summed E-state index contributed by atoms with van der Waals surface area (Å²) in [7, 11) is 0. The number of carbonyl (C=O) groups excluding carboxylic acids is 2. The lowest BCUT2D eigenvalue weighted by Gasteiger charge is -2.16. The average molecular weight is 381 g/mol. The quantitative estimate of drug-likeness (QED) is 0.717. The normalized spacial score (nSPS) is 11.4. The first kappa shape index (κ1) is 18.8. The molecule has 0 aliphatic heterocycles. The van der Waals surface area contributed by atoms with Crippen LogP contribution >= 0.6 is 23.2 Å². The molecule has 0 aromatic heterocycles. The van der Waals surface area contributed by atoms with Gasteiger partial charge in [0.15, 0.2) is 0 Å². The second kappa shape index (κ2) is 8.50. The van der Waals surface area contributed by atoms with Crippen LogP contribution in [-0.4, -0.2) is 35.5 Å². The van der Waals surface area contributed by atoms with E-state index in [9.17, 15) is 19.5 Å². The predicted octanol–water partition coefficient (Wildman–Crippen LogP) is 2.61. The molecule has 0 aliphatic carbocycles. The van der Waals surface area contributed by atoms with Gasteiger partial charge >= 0.3 is 5.97 Å². The number of carboxylic acid groups (broad SMARTS) is 1. The molecule has 2 aromatic carbocycles. The lowest BCUT2D eigenvalue weighted by Crippen LogP contribution is -2.48. The topological polar surface area (TPSA) is 95.5 Å². The van der Waals surface area contributed by atoms with Gasteiger partial charge in [-0.15, -0.1) is 0 Å². The highest BCUT2D eigenvalue weighted by Crippen LogP contribution is 2.24. The molecule has 0 radical (unpaired) electrons. The molecule has 0 saturated carbocycles. The number of amides is 2. The second-order valence-corrected chi connectivity index (χ2v) is 5.85. The van der Waals surface area contributed by atoms with Crippen LogP contribution in [0.15, 0.2) is 48.5 Å². The monoisotopic (exact) mass is 380 g/mol. The summed E-state index contributed by atoms with van der Waals surface area (Å²) in [5.74, 6) is -2.49. The van der Waals surface area contributed by atoms with Crippen LogP contribution in [0.4, 0.5) is 0 Å². The molecular formula is C17H14Cl2N2O4. The third-order valence-corrected chi connectivity index (χ3v) is 3.93. The van der Waals surface area contributed by atoms with Gasteiger partial charge in [0.1, 0.15) is 6.04 Å². The Morgan fingerprint density at radius 3 is 2.08 bits per heavy atom. The number of hydrogen-bond donors (Lipinski definition) is 3. The molecule has 0 bridgehead atoms. The van der Waals surface area contributed by atoms with E-state index in [0.29, 0.717) is 5.56 Å². The van der Waals surface area contributed by atoms with E-state index in [2.05, 4.69) is 10.6 Å². The fourth-order valence-electron chi connectivity index (χ4n) is 2.03. The van der Waals surface area contributed by atoms with Gasteiger partial charge in [-0.05, 0) is 24.3 Å². The number of hydrogen-bond acceptors (Lipinski definition) is 3. The maximum Gasteiger partial charge on any atom is 0.328 e. The zero-order valence-corrected chi connectivity index (χ0v) is 14.3. The molecule has 0 saturated heterocycles. The van der Waals surface area contributed by atoms with Crippen LogP contribution in [0.5, 0.6) is 0 Å². The van der Waals surface area contributed by atoms with E-state index in [-0.39, 0.29) is 22.2 Å². The summed E-state index contributed by atoms with van der Waals surface area (Å²) in [4.78, 5) is 35.6. The molecule has 2 aromatic rings. The maximum absolute atomic E-state index is 12.3. The van der Waals surface area contributed by atoms with Crippen LogP contribution < -0.4 is 10.6 Å². The van der Waals surface area contributed by atoms with Crippen molar-refractivity contribution < 1.29 is 19.5 Å². The third kappa shape index (κ3) is 4.95. The Labute approximate surface area is 153 Å². The Hall–Kier alpha value is -2.57. The van der Waals surface area contributed by atoms with Gasteiger partial charge in [0, 0.05) is 12.1 Å². The minimum absolute atomic E-state index is 0.0218. The van der Waals surface area contributed by atoms with E-state index in [0.717, 1.165) is 0 Å². The van der Waals surface area contributed by atoms with Crippen molar-refractivity contribution in [1.82, 2.24) is 10.6 Å². The van der Waals surface area contributed by atoms with Crippen molar-refractivity contribution in [3.05, 3.63) is 69.7 Å². The summed E-state index contributed by atoms with van der Waals surface area (Å²) in [5.41, 5.74) is 0.360. The van der Waals surface area contributed by atoms with Crippen LogP contribution in [0.2, 0.25) is 10.0 Å². The minimum Gasteiger partial charge on any atom is -0.480 e. The van der Waals surface area contributed by atoms with Gasteiger partial charge in [0.05, 0.1) is 15.6 Å². The fraction of sp³-hybridized carbons (Fsp3) is 0.118. The summed E-state index contributed by atoms with van der Waals surface area (Å²) in [6.07, 6.45) is 0. The molecule has 6 nitrogen and oxygen atoms in total. The van der Waals surface area contributed by atoms with E-state index in [1.54, 1.807) is 36.4 Å². The van der Waals surface area contributed by atoms with Crippen molar-refractivity contribution in [3.63, 3.8) is 0 Å². The number of carboxylic acids is 1. The molecule has 2 amide bonds. The summed E-state index contributed by atoms with van der Waals surface area (Å²) >= 11 is 11.9. The lowest BCUT2D eigenvalue weighted by molar-refractivity contribution is -0.139. The second-order valence-electron chi connectivity index (χ2n) is 5.04. The fourth-order valence-corrected chi connectivity index (χ4v) is 2.60. The number of rotatable bonds is 6. The van der Waals surface area contributed by atoms with E-state index >= 15 is 0 Å². The maximum atomic E-state index is 12.3. The highest BCUT2D eigenvalue weighted by molar-refractivity contribution is 6.39. The van der Waals surface area contributed by atoms with Crippen molar-refractivity contribution in [3.8, 4) is 0 Å². The zero-order chi connectivity index (χ0) is 18.4. The Bertz CT molecular complexity index is 776. The van der Waals surface area contributed by atoms with Crippen molar-refractivity contribution in [1.29, 1.82) is 0 Å². The molecule has 0 unspecified atom stereocenters. The number of carbonyl (C=O) groups is 3. The van der Waals surface area contributed by atoms with Crippen molar-refractivity contribution in [2.45, 2.75) is 6.04 Å². The zero-order valence-electron chi connectivity index (χ0n) is 12.8. The molecule has 0 fully saturated rings. The number of halogens is 2. The van der Waals surface area contributed by atoms with Crippen LogP contribution in [-0.2, 0) is 4.79 Å². The summed E-state index contributed by atoms with van der Waals surface area (Å²) in [5, 5.41) is 14.2. The Balaban J connectivity index is 2.05. The molecule has 0 aliphatic rings. The lowest BCUT2D eigenvalue weighted by atomic mass is 10.1. The van der Waals surface area contributed by atoms with Crippen molar-refractivity contribution in [2.75, 3.05) is 6.54 Å². The Kier molecular flexibility index (Phi) is 6.38. The first-order valence-electron chi connectivity index (χ1n) is 7.21. The summed E-state index contributed by atoms with van der Waals surface area (Å²) in [6.45, 7) is -0.295. The smallest absolute Gasteiger partial charge is 0.328 e. The average Bonchev–Trinajstić information content (AvgIpc) is 2.58. The van der Waals surface area contributed by atoms with E-state index < -0.39 is 23.8 Å². The number of nitrogens with one attached hydrogen (secondary N) is 2. The minimum atomic E-state index is -1.34. The van der Waals surface area contributed by atoms with Gasteiger partial charge in [-0.25, -0.2) is 4.79 Å². The number of aliphatic carboxylic acids is 1. The van der Waals surface area contributed by atoms with Gasteiger partial charge in [-0.1, -0.05) is 47.5 Å². The summed E-state index contributed by atoms with van der Waals surface area (Å²) in [6, 6.07) is 11.5. The molecule has 130 valence electrons. The SMILES string of the molecule is O=C(NC[C@H](NC(=O)c1c(Cl)cccc1Cl)C(=O)O)c1ccccc1. The highest BCUT2D eigenvalue weighted by atomic mass is 35.5. The molecule has 25 heavy (non-hydrogen) atoms. The van der Waals surface area contributed by atoms with Gasteiger partial charge < -0.3 is 15.7 Å². The Morgan fingerprint density at radius 1 is 0.920 bits per heavy atom. The van der Waals surface area contributed by atoms with Gasteiger partial charge in [-0.2, -0.15) is 0 Å². The molecular weight excluding hydrogens is 367 g/mol. The van der Waals surface area contributed by atoms with Crippen molar-refractivity contribution in [2.24, 2.45) is 0 Å². The Morgan fingerprint density at radius 2 is 1.52 bits per heavy atom. The first-order chi connectivity index (χ1) is 11.9. The molecule has 2 rings (SSSR count). The van der Waals surface area contributed by atoms with Crippen LogP contribution in [0.3, 0.4) is 0 Å². The van der Waals surface area contributed by atoms with Gasteiger partial charge in [0.25, 0.3) is 11.8 Å². The molecule has 1 atom stereocenters. The van der Waals surface area contributed by atoms with Gasteiger partial charge in [0.2, 0.25) is 0 Å². The van der Waals surface area contributed by atoms with E-state index in [1.165, 1.54) is 12.1 Å². The molecule has 0 heterocycles. The summed E-state index contributed by atoms with van der Waals surface area (Å²) < 4.78 is 0. The number of benzene rings is 2. The standard InChI is InChI=1S/C17H14Cl2N2O4/c18-11-7-4-8-12(19)14(11)16(23)21-13(17(24)25)9-20-15(22)10-5-2-1-3-6-10/h1-8,13H,9H2,(H,20,22)(H,21,23)(H,24,25)/t13-/m0/s1. The van der Waals surface area contributed by atoms with Crippen molar-refractivity contribution >= 4 is 41.0 Å². The molecule has 8 heteroatoms. The van der Waals surface area contributed by atoms with Crippen LogP contribution in [0.1, 0.15) is 20.7 Å². The first-order valence-corrected chi connectivity index (χ1v) is 7.96. The van der Waals surface area contributed by atoms with Gasteiger partial charge in [-0.3, -0.25) is 9.59 Å². The van der Waals surface area contributed by atoms with E-state index in [4.69, 9.17) is 23.2 Å². The highest BCUT2D eigenvalue weighted by Gasteiger charge is 2.24. The van der Waals surface area contributed by atoms with E-state index in [1.807, 2.05) is 0 Å². The third-order valence-electron chi connectivity index (χ3n) is 3.30. The predicted molar refractivity (Wildman–Crippen MR) is 94.1 cm³/mol. The van der Waals surface area contributed by atoms with Crippen LogP contribution in [0.25, 0.3) is 0 Å². The molecule has 3 N–H and O–H groups in total. The largest absolute Gasteiger partial charge is 0.480 e.